The van der Waals surface area contributed by atoms with Crippen molar-refractivity contribution in [2.24, 2.45) is 0 Å². The van der Waals surface area contributed by atoms with Crippen molar-refractivity contribution in [3.05, 3.63) is 75.6 Å². The minimum absolute atomic E-state index is 0.0588. The second kappa shape index (κ2) is 12.7. The Labute approximate surface area is 220 Å². The van der Waals surface area contributed by atoms with Gasteiger partial charge in [-0.1, -0.05) is 41.4 Å². The number of fused-ring (bicyclic) bond motifs is 1. The number of halogens is 2. The number of nitrogens with zero attached hydrogens (tertiary/aromatic N) is 1. The number of ether oxygens (including phenoxy) is 3. The van der Waals surface area contributed by atoms with E-state index in [1.165, 1.54) is 14.2 Å². The summed E-state index contributed by atoms with van der Waals surface area (Å²) in [6, 6.07) is 14.0. The van der Waals surface area contributed by atoms with Gasteiger partial charge in [-0.25, -0.2) is 9.78 Å². The molecule has 1 unspecified atom stereocenters. The molecule has 36 heavy (non-hydrogen) atoms. The van der Waals surface area contributed by atoms with E-state index in [1.807, 2.05) is 30.3 Å². The lowest BCUT2D eigenvalue weighted by Gasteiger charge is -2.22. The number of hydrogen-bond acceptors (Lipinski definition) is 7. The number of aromatic nitrogens is 1. The maximum atomic E-state index is 12.6. The maximum absolute atomic E-state index is 12.6. The fraction of sp³-hybridized carbons (Fsp3) is 0.296. The largest absolute Gasteiger partial charge is 0.486 e. The van der Waals surface area contributed by atoms with Crippen molar-refractivity contribution in [3.63, 3.8) is 0 Å². The molecule has 0 spiro atoms. The summed E-state index contributed by atoms with van der Waals surface area (Å²) in [5, 5.41) is 5.01. The van der Waals surface area contributed by atoms with Crippen molar-refractivity contribution in [2.75, 3.05) is 20.8 Å². The minimum Gasteiger partial charge on any atom is -0.486 e. The molecule has 9 heteroatoms. The quantitative estimate of drug-likeness (QED) is 0.154. The lowest BCUT2D eigenvalue weighted by atomic mass is 10.0. The van der Waals surface area contributed by atoms with Gasteiger partial charge in [0.25, 0.3) is 0 Å². The minimum atomic E-state index is -0.780. The molecule has 1 atom stereocenters. The van der Waals surface area contributed by atoms with Gasteiger partial charge in [-0.05, 0) is 49.7 Å². The van der Waals surface area contributed by atoms with E-state index in [0.717, 1.165) is 16.5 Å². The molecule has 3 rings (SSSR count). The van der Waals surface area contributed by atoms with E-state index in [0.29, 0.717) is 39.7 Å². The molecular weight excluding hydrogens is 503 g/mol. The van der Waals surface area contributed by atoms with Crippen LogP contribution in [0.15, 0.2) is 60.0 Å². The average molecular weight is 531 g/mol. The van der Waals surface area contributed by atoms with Crippen LogP contribution < -0.4 is 5.32 Å². The fourth-order valence-electron chi connectivity index (χ4n) is 3.72. The summed E-state index contributed by atoms with van der Waals surface area (Å²) in [5.41, 5.74) is 3.32. The molecule has 1 aromatic heterocycles. The van der Waals surface area contributed by atoms with Gasteiger partial charge in [0.05, 0.1) is 46.8 Å². The number of esters is 1. The monoisotopic (exact) mass is 530 g/mol. The predicted molar refractivity (Wildman–Crippen MR) is 141 cm³/mol. The van der Waals surface area contributed by atoms with Crippen LogP contribution in [0.4, 0.5) is 0 Å². The van der Waals surface area contributed by atoms with E-state index >= 15 is 0 Å². The maximum Gasteiger partial charge on any atom is 0.328 e. The normalized spacial score (nSPS) is 12.8. The second-order valence-corrected chi connectivity index (χ2v) is 9.12. The van der Waals surface area contributed by atoms with Crippen LogP contribution in [0.1, 0.15) is 19.4 Å². The van der Waals surface area contributed by atoms with E-state index in [2.05, 4.69) is 5.32 Å². The Morgan fingerprint density at radius 2 is 1.81 bits per heavy atom. The van der Waals surface area contributed by atoms with Crippen LogP contribution in [0.2, 0.25) is 10.0 Å². The van der Waals surface area contributed by atoms with Crippen LogP contribution in [0, 0.1) is 0 Å². The second-order valence-electron chi connectivity index (χ2n) is 8.30. The molecule has 0 saturated carbocycles. The van der Waals surface area contributed by atoms with Gasteiger partial charge in [0.1, 0.15) is 6.04 Å². The molecule has 3 aromatic rings. The van der Waals surface area contributed by atoms with Gasteiger partial charge in [-0.2, -0.15) is 0 Å². The molecule has 7 nitrogen and oxygen atoms in total. The molecule has 0 aliphatic carbocycles. The number of carbonyl (C=O) groups is 2. The summed E-state index contributed by atoms with van der Waals surface area (Å²) in [6.45, 7) is 3.67. The molecule has 0 bridgehead atoms. The topological polar surface area (TPSA) is 86.8 Å². The average Bonchev–Trinajstić information content (AvgIpc) is 2.85. The smallest absolute Gasteiger partial charge is 0.328 e. The summed E-state index contributed by atoms with van der Waals surface area (Å²) < 4.78 is 15.8. The Hall–Kier alpha value is -3.13. The first-order valence-electron chi connectivity index (χ1n) is 11.3. The van der Waals surface area contributed by atoms with Crippen molar-refractivity contribution in [3.8, 4) is 11.3 Å². The zero-order valence-corrected chi connectivity index (χ0v) is 22.0. The van der Waals surface area contributed by atoms with E-state index in [-0.39, 0.29) is 18.5 Å². The number of carbonyl (C=O) groups excluding carboxylic acids is 2. The number of rotatable bonds is 11. The molecule has 0 fully saturated rings. The third kappa shape index (κ3) is 6.75. The van der Waals surface area contributed by atoms with E-state index in [9.17, 15) is 9.59 Å². The van der Waals surface area contributed by atoms with Gasteiger partial charge < -0.3 is 19.5 Å². The van der Waals surface area contributed by atoms with Gasteiger partial charge in [-0.3, -0.25) is 4.79 Å². The summed E-state index contributed by atoms with van der Waals surface area (Å²) in [4.78, 5) is 29.0. The van der Waals surface area contributed by atoms with Gasteiger partial charge in [-0.15, -0.1) is 0 Å². The fourth-order valence-corrected chi connectivity index (χ4v) is 4.31. The van der Waals surface area contributed by atoms with Crippen LogP contribution in [0.25, 0.3) is 22.2 Å². The zero-order valence-electron chi connectivity index (χ0n) is 20.5. The van der Waals surface area contributed by atoms with Crippen LogP contribution in [0.3, 0.4) is 0 Å². The van der Waals surface area contributed by atoms with Gasteiger partial charge >= 0.3 is 5.97 Å². The number of pyridine rings is 1. The molecule has 190 valence electrons. The first-order valence-corrected chi connectivity index (χ1v) is 12.0. The number of hydrogen-bond donors (Lipinski definition) is 1. The summed E-state index contributed by atoms with van der Waals surface area (Å²) >= 11 is 12.7. The first-order chi connectivity index (χ1) is 17.3. The Bertz CT molecular complexity index is 1260. The molecule has 1 N–H and O–H groups in total. The lowest BCUT2D eigenvalue weighted by molar-refractivity contribution is -0.143. The summed E-state index contributed by atoms with van der Waals surface area (Å²) in [6.07, 6.45) is 0.663. The molecule has 0 aliphatic heterocycles. The Morgan fingerprint density at radius 1 is 1.08 bits per heavy atom. The Kier molecular flexibility index (Phi) is 9.70. The van der Waals surface area contributed by atoms with E-state index in [1.54, 1.807) is 32.0 Å². The van der Waals surface area contributed by atoms with Crippen LogP contribution in [0.5, 0.6) is 0 Å². The SMILES string of the molecule is COC/C(NC(Cc1ccc2nc(-c3c(Cl)cccc3Cl)ccc2c1)C(=O)OC)=C(\C=O)OC(C)C. The predicted octanol–water partition coefficient (Wildman–Crippen LogP) is 5.36. The molecule has 1 heterocycles. The highest BCUT2D eigenvalue weighted by molar-refractivity contribution is 6.39. The summed E-state index contributed by atoms with van der Waals surface area (Å²) in [7, 11) is 2.81. The third-order valence-electron chi connectivity index (χ3n) is 5.30. The van der Waals surface area contributed by atoms with Gasteiger partial charge in [0, 0.05) is 24.5 Å². The number of allylic oxidation sites excluding steroid dienone is 1. The zero-order chi connectivity index (χ0) is 26.2. The summed E-state index contributed by atoms with van der Waals surface area (Å²) in [5.74, 6) is -0.408. The third-order valence-corrected chi connectivity index (χ3v) is 5.93. The highest BCUT2D eigenvalue weighted by Crippen LogP contribution is 2.34. The molecule has 2 aromatic carbocycles. The van der Waals surface area contributed by atoms with Gasteiger partial charge in [0.2, 0.25) is 0 Å². The van der Waals surface area contributed by atoms with Crippen LogP contribution >= 0.6 is 23.2 Å². The van der Waals surface area contributed by atoms with Gasteiger partial charge in [0.15, 0.2) is 12.0 Å². The standard InChI is InChI=1S/C27H28Cl2N2O5/c1-16(2)36-25(14-32)24(15-34-3)31-23(27(33)35-4)13-17-8-10-21-18(12-17)9-11-22(30-21)26-19(28)6-5-7-20(26)29/h5-12,14,16,23,31H,13,15H2,1-4H3/b25-24-. The Balaban J connectivity index is 1.91. The van der Waals surface area contributed by atoms with Crippen molar-refractivity contribution in [2.45, 2.75) is 32.4 Å². The molecule has 0 aliphatic rings. The lowest BCUT2D eigenvalue weighted by Crippen LogP contribution is -2.40. The van der Waals surface area contributed by atoms with E-state index < -0.39 is 12.0 Å². The van der Waals surface area contributed by atoms with Crippen molar-refractivity contribution in [1.29, 1.82) is 0 Å². The van der Waals surface area contributed by atoms with E-state index in [4.69, 9.17) is 42.4 Å². The Morgan fingerprint density at radius 3 is 2.42 bits per heavy atom. The number of benzene rings is 2. The van der Waals surface area contributed by atoms with Crippen LogP contribution in [-0.4, -0.2) is 50.2 Å². The number of methoxy groups -OCH3 is 2. The molecule has 0 amide bonds. The van der Waals surface area contributed by atoms with Crippen molar-refractivity contribution < 1.29 is 23.8 Å². The van der Waals surface area contributed by atoms with Crippen LogP contribution in [-0.2, 0) is 30.2 Å². The highest BCUT2D eigenvalue weighted by Gasteiger charge is 2.23. The highest BCUT2D eigenvalue weighted by atomic mass is 35.5. The molecular formula is C27H28Cl2N2O5. The number of nitrogens with one attached hydrogen (secondary N) is 1. The van der Waals surface area contributed by atoms with Crippen molar-refractivity contribution in [1.82, 2.24) is 10.3 Å². The first kappa shape index (κ1) is 27.5. The number of aldehydes is 1. The molecule has 0 saturated heterocycles. The van der Waals surface area contributed by atoms with Crippen molar-refractivity contribution >= 4 is 46.4 Å². The molecule has 0 radical (unpaired) electrons.